The molecule has 0 aliphatic carbocycles. The Morgan fingerprint density at radius 2 is 1.84 bits per heavy atom. The minimum absolute atomic E-state index is 0.0607. The van der Waals surface area contributed by atoms with Crippen molar-refractivity contribution in [2.24, 2.45) is 0 Å². The van der Waals surface area contributed by atoms with Crippen LogP contribution in [0.1, 0.15) is 108 Å². The molecule has 0 spiro atoms. The van der Waals surface area contributed by atoms with Gasteiger partial charge in [0.2, 0.25) is 0 Å². The predicted molar refractivity (Wildman–Crippen MR) is 182 cm³/mol. The Labute approximate surface area is 263 Å². The topological polar surface area (TPSA) is 36.9 Å². The molecule has 236 valence electrons. The van der Waals surface area contributed by atoms with Crippen molar-refractivity contribution >= 4 is 8.32 Å². The van der Waals surface area contributed by atoms with E-state index < -0.39 is 8.32 Å². The van der Waals surface area contributed by atoms with E-state index in [2.05, 4.69) is 83.5 Å². The first-order chi connectivity index (χ1) is 20.6. The smallest absolute Gasteiger partial charge is 0.194 e. The summed E-state index contributed by atoms with van der Waals surface area (Å²) in [6, 6.07) is 16.5. The van der Waals surface area contributed by atoms with E-state index in [-0.39, 0.29) is 23.5 Å². The van der Waals surface area contributed by atoms with Gasteiger partial charge in [-0.3, -0.25) is 0 Å². The Morgan fingerprint density at radius 3 is 2.51 bits per heavy atom. The van der Waals surface area contributed by atoms with Crippen LogP contribution in [0.25, 0.3) is 0 Å². The van der Waals surface area contributed by atoms with E-state index in [1.165, 1.54) is 25.7 Å². The number of hydrogen-bond donors (Lipinski definition) is 0. The molecular formula is C38H56O4Si. The molecule has 5 heteroatoms. The zero-order chi connectivity index (χ0) is 31.1. The van der Waals surface area contributed by atoms with E-state index in [1.54, 1.807) is 0 Å². The van der Waals surface area contributed by atoms with Crippen molar-refractivity contribution in [1.29, 1.82) is 0 Å². The minimum Gasteiger partial charge on any atom is -0.489 e. The van der Waals surface area contributed by atoms with Crippen molar-refractivity contribution in [2.45, 2.75) is 135 Å². The summed E-state index contributed by atoms with van der Waals surface area (Å²) in [5.74, 6) is 7.96. The van der Waals surface area contributed by atoms with Gasteiger partial charge in [-0.05, 0) is 73.9 Å². The lowest BCUT2D eigenvalue weighted by Crippen LogP contribution is -2.41. The highest BCUT2D eigenvalue weighted by molar-refractivity contribution is 6.74. The van der Waals surface area contributed by atoms with Crippen LogP contribution in [0.15, 0.2) is 61.2 Å². The van der Waals surface area contributed by atoms with Crippen molar-refractivity contribution in [3.8, 4) is 17.6 Å². The van der Waals surface area contributed by atoms with Crippen molar-refractivity contribution in [3.63, 3.8) is 0 Å². The fourth-order valence-corrected chi connectivity index (χ4v) is 6.17. The molecule has 0 amide bonds. The molecule has 1 fully saturated rings. The van der Waals surface area contributed by atoms with Gasteiger partial charge in [-0.2, -0.15) is 0 Å². The third-order valence-electron chi connectivity index (χ3n) is 8.69. The second-order valence-electron chi connectivity index (χ2n) is 13.3. The van der Waals surface area contributed by atoms with Crippen LogP contribution >= 0.6 is 0 Å². The third-order valence-corrected chi connectivity index (χ3v) is 13.1. The molecule has 1 unspecified atom stereocenters. The van der Waals surface area contributed by atoms with E-state index in [0.29, 0.717) is 13.0 Å². The van der Waals surface area contributed by atoms with E-state index in [4.69, 9.17) is 18.6 Å². The van der Waals surface area contributed by atoms with Gasteiger partial charge in [-0.25, -0.2) is 0 Å². The number of hydrogen-bond acceptors (Lipinski definition) is 4. The number of rotatable bonds is 16. The molecule has 3 atom stereocenters. The molecule has 3 rings (SSSR count). The fraction of sp³-hybridized carbons (Fsp3) is 0.579. The summed E-state index contributed by atoms with van der Waals surface area (Å²) < 4.78 is 25.7. The highest BCUT2D eigenvalue weighted by Gasteiger charge is 2.39. The third kappa shape index (κ3) is 11.6. The van der Waals surface area contributed by atoms with Crippen molar-refractivity contribution < 1.29 is 18.6 Å². The molecule has 0 bridgehead atoms. The molecule has 2 aromatic carbocycles. The van der Waals surface area contributed by atoms with Gasteiger partial charge in [0.25, 0.3) is 0 Å². The lowest BCUT2D eigenvalue weighted by atomic mass is 9.98. The maximum absolute atomic E-state index is 7.03. The van der Waals surface area contributed by atoms with Gasteiger partial charge in [0.05, 0.1) is 6.10 Å². The molecule has 4 nitrogen and oxygen atoms in total. The van der Waals surface area contributed by atoms with Gasteiger partial charge in [0.15, 0.2) is 14.6 Å². The molecule has 0 aromatic heterocycles. The van der Waals surface area contributed by atoms with E-state index in [9.17, 15) is 0 Å². The van der Waals surface area contributed by atoms with Gasteiger partial charge in [-0.15, -0.1) is 12.5 Å². The average molecular weight is 605 g/mol. The number of benzene rings is 2. The van der Waals surface area contributed by atoms with Gasteiger partial charge < -0.3 is 18.6 Å². The van der Waals surface area contributed by atoms with Crippen LogP contribution < -0.4 is 4.74 Å². The second kappa shape index (κ2) is 17.8. The number of ether oxygens (including phenoxy) is 3. The summed E-state index contributed by atoms with van der Waals surface area (Å²) >= 11 is 0. The Morgan fingerprint density at radius 1 is 1.05 bits per heavy atom. The van der Waals surface area contributed by atoms with Crippen LogP contribution in [-0.4, -0.2) is 27.3 Å². The van der Waals surface area contributed by atoms with Crippen molar-refractivity contribution in [2.75, 3.05) is 6.61 Å². The minimum atomic E-state index is -2.13. The molecule has 1 saturated heterocycles. The molecule has 0 saturated carbocycles. The van der Waals surface area contributed by atoms with Gasteiger partial charge in [-0.1, -0.05) is 101 Å². The molecule has 0 radical (unpaired) electrons. The van der Waals surface area contributed by atoms with Crippen LogP contribution in [0.4, 0.5) is 0 Å². The highest BCUT2D eigenvalue weighted by Crippen LogP contribution is 2.41. The SMILES string of the molecule is C=CCc1c(OCc2ccccc2)cccc1[C@@H](C#CCC[C@H](CCCCC)OC1CCCCO1)O[Si](C)(C)C(C)(C)C. The Kier molecular flexibility index (Phi) is 14.5. The maximum Gasteiger partial charge on any atom is 0.194 e. The summed E-state index contributed by atoms with van der Waals surface area (Å²) in [4.78, 5) is 0. The molecule has 0 N–H and O–H groups in total. The van der Waals surface area contributed by atoms with Crippen LogP contribution in [0.5, 0.6) is 5.75 Å². The zero-order valence-electron chi connectivity index (χ0n) is 27.8. The summed E-state index contributed by atoms with van der Waals surface area (Å²) in [6.07, 6.45) is 12.1. The predicted octanol–water partition coefficient (Wildman–Crippen LogP) is 10.3. The number of unbranched alkanes of at least 4 members (excludes halogenated alkanes) is 2. The van der Waals surface area contributed by atoms with Gasteiger partial charge in [0.1, 0.15) is 18.5 Å². The first-order valence-electron chi connectivity index (χ1n) is 16.5. The lowest BCUT2D eigenvalue weighted by Gasteiger charge is -2.38. The molecule has 2 aromatic rings. The van der Waals surface area contributed by atoms with Gasteiger partial charge in [0, 0.05) is 18.6 Å². The Hall–Kier alpha value is -2.36. The summed E-state index contributed by atoms with van der Waals surface area (Å²) in [7, 11) is -2.13. The van der Waals surface area contributed by atoms with Gasteiger partial charge >= 0.3 is 0 Å². The first-order valence-corrected chi connectivity index (χ1v) is 19.4. The normalized spacial score (nSPS) is 17.0. The second-order valence-corrected chi connectivity index (χ2v) is 18.0. The molecule has 1 aliphatic heterocycles. The van der Waals surface area contributed by atoms with E-state index in [0.717, 1.165) is 61.2 Å². The zero-order valence-corrected chi connectivity index (χ0v) is 28.8. The highest BCUT2D eigenvalue weighted by atomic mass is 28.4. The Bertz CT molecular complexity index is 1150. The van der Waals surface area contributed by atoms with Crippen LogP contribution in [0, 0.1) is 11.8 Å². The Balaban J connectivity index is 1.84. The molecule has 43 heavy (non-hydrogen) atoms. The summed E-state index contributed by atoms with van der Waals surface area (Å²) in [5, 5.41) is 0.0607. The summed E-state index contributed by atoms with van der Waals surface area (Å²) in [5.41, 5.74) is 3.32. The quantitative estimate of drug-likeness (QED) is 0.0827. The van der Waals surface area contributed by atoms with E-state index >= 15 is 0 Å². The maximum atomic E-state index is 7.03. The lowest BCUT2D eigenvalue weighted by molar-refractivity contribution is -0.190. The van der Waals surface area contributed by atoms with Crippen LogP contribution in [0.3, 0.4) is 0 Å². The van der Waals surface area contributed by atoms with Crippen molar-refractivity contribution in [1.82, 2.24) is 0 Å². The summed E-state index contributed by atoms with van der Waals surface area (Å²) in [6.45, 7) is 19.0. The van der Waals surface area contributed by atoms with Crippen molar-refractivity contribution in [3.05, 3.63) is 77.9 Å². The monoisotopic (exact) mass is 604 g/mol. The standard InChI is InChI=1S/C38H56O4Si/c1-8-10-12-23-32(41-37-28-17-18-29-39-37)24-15-16-26-36(42-43(6,7)38(3,4)5)34-25-19-27-35(33(34)20-9-2)40-30-31-21-13-11-14-22-31/h9,11,13-14,19,21-22,25,27,32,36-37H,2,8,10,12,15,17-18,20,23-24,28-30H2,1,3-7H3/t32-,36+,37?/m0/s1. The average Bonchev–Trinajstić information content (AvgIpc) is 2.98. The van der Waals surface area contributed by atoms with Crippen LogP contribution in [0.2, 0.25) is 18.1 Å². The molecule has 1 aliphatic rings. The first kappa shape index (κ1) is 35.1. The number of allylic oxidation sites excluding steroid dienone is 1. The molecule has 1 heterocycles. The largest absolute Gasteiger partial charge is 0.489 e. The fourth-order valence-electron chi connectivity index (χ4n) is 5.04. The van der Waals surface area contributed by atoms with E-state index in [1.807, 2.05) is 30.3 Å². The van der Waals surface area contributed by atoms with Crippen LogP contribution in [-0.2, 0) is 26.9 Å². The molecular weight excluding hydrogens is 549 g/mol.